The van der Waals surface area contributed by atoms with Gasteiger partial charge >= 0.3 is 5.97 Å². The Balaban J connectivity index is 2.96. The highest BCUT2D eigenvalue weighted by Gasteiger charge is 2.26. The zero-order valence-electron chi connectivity index (χ0n) is 10.7. The number of hydrogen-bond donors (Lipinski definition) is 1. The summed E-state index contributed by atoms with van der Waals surface area (Å²) in [6.07, 6.45) is 0. The van der Waals surface area contributed by atoms with Gasteiger partial charge in [0.25, 0.3) is 0 Å². The molecule has 17 heavy (non-hydrogen) atoms. The number of aliphatic carboxylic acids is 1. The van der Waals surface area contributed by atoms with Crippen LogP contribution in [0.5, 0.6) is 0 Å². The third-order valence-electron chi connectivity index (χ3n) is 3.34. The van der Waals surface area contributed by atoms with Crippen LogP contribution in [0.3, 0.4) is 0 Å². The van der Waals surface area contributed by atoms with Crippen molar-refractivity contribution in [2.24, 2.45) is 11.8 Å². The van der Waals surface area contributed by atoms with Crippen LogP contribution in [0.4, 0.5) is 0 Å². The number of ketones is 1. The summed E-state index contributed by atoms with van der Waals surface area (Å²) in [5, 5.41) is 8.89. The molecule has 92 valence electrons. The Morgan fingerprint density at radius 2 is 1.65 bits per heavy atom. The number of Topliss-reactive ketones (excluding diaryl/α,β-unsaturated/α-hetero) is 1. The first-order valence-corrected chi connectivity index (χ1v) is 5.69. The molecule has 0 radical (unpaired) electrons. The fourth-order valence-electron chi connectivity index (χ4n) is 1.60. The van der Waals surface area contributed by atoms with Crippen molar-refractivity contribution in [2.75, 3.05) is 0 Å². The fourth-order valence-corrected chi connectivity index (χ4v) is 1.60. The minimum absolute atomic E-state index is 0.108. The van der Waals surface area contributed by atoms with Gasteiger partial charge in [-0.15, -0.1) is 0 Å². The second kappa shape index (κ2) is 5.13. The van der Waals surface area contributed by atoms with E-state index in [2.05, 4.69) is 0 Å². The maximum absolute atomic E-state index is 12.1. The topological polar surface area (TPSA) is 54.4 Å². The quantitative estimate of drug-likeness (QED) is 0.815. The molecule has 2 unspecified atom stereocenters. The van der Waals surface area contributed by atoms with E-state index in [-0.39, 0.29) is 5.78 Å². The van der Waals surface area contributed by atoms with E-state index in [1.54, 1.807) is 19.9 Å². The Hall–Kier alpha value is -1.64. The molecule has 0 bridgehead atoms. The number of carboxylic acid groups (broad SMARTS) is 1. The van der Waals surface area contributed by atoms with Gasteiger partial charge in [0.05, 0.1) is 5.92 Å². The summed E-state index contributed by atoms with van der Waals surface area (Å²) >= 11 is 0. The molecule has 1 N–H and O–H groups in total. The maximum Gasteiger partial charge on any atom is 0.306 e. The molecule has 1 aromatic carbocycles. The van der Waals surface area contributed by atoms with Crippen molar-refractivity contribution in [3.05, 3.63) is 34.9 Å². The van der Waals surface area contributed by atoms with Crippen molar-refractivity contribution in [2.45, 2.75) is 27.7 Å². The van der Waals surface area contributed by atoms with Crippen molar-refractivity contribution >= 4 is 11.8 Å². The minimum Gasteiger partial charge on any atom is -0.481 e. The molecule has 0 saturated carbocycles. The van der Waals surface area contributed by atoms with E-state index in [1.807, 2.05) is 26.0 Å². The standard InChI is InChI=1S/C14H18O3/c1-8-5-6-12(7-9(8)2)13(15)10(3)11(4)14(16)17/h5-7,10-11H,1-4H3,(H,16,17). The maximum atomic E-state index is 12.1. The van der Waals surface area contributed by atoms with Gasteiger partial charge in [-0.2, -0.15) is 0 Å². The summed E-state index contributed by atoms with van der Waals surface area (Å²) in [6.45, 7) is 7.15. The van der Waals surface area contributed by atoms with Crippen molar-refractivity contribution in [3.63, 3.8) is 0 Å². The van der Waals surface area contributed by atoms with Gasteiger partial charge in [-0.3, -0.25) is 9.59 Å². The number of rotatable bonds is 4. The molecule has 0 aliphatic rings. The SMILES string of the molecule is Cc1ccc(C(=O)C(C)C(C)C(=O)O)cc1C. The van der Waals surface area contributed by atoms with E-state index in [4.69, 9.17) is 5.11 Å². The predicted octanol–water partition coefficient (Wildman–Crippen LogP) is 2.84. The van der Waals surface area contributed by atoms with Crippen LogP contribution in [0.2, 0.25) is 0 Å². The average molecular weight is 234 g/mol. The Morgan fingerprint density at radius 3 is 2.12 bits per heavy atom. The predicted molar refractivity (Wildman–Crippen MR) is 66.2 cm³/mol. The van der Waals surface area contributed by atoms with Gasteiger partial charge < -0.3 is 5.11 Å². The lowest BCUT2D eigenvalue weighted by Gasteiger charge is -2.15. The summed E-state index contributed by atoms with van der Waals surface area (Å²) < 4.78 is 0. The highest BCUT2D eigenvalue weighted by Crippen LogP contribution is 2.19. The number of benzene rings is 1. The molecule has 1 aromatic rings. The summed E-state index contributed by atoms with van der Waals surface area (Å²) in [5.41, 5.74) is 2.76. The molecule has 1 rings (SSSR count). The van der Waals surface area contributed by atoms with E-state index in [9.17, 15) is 9.59 Å². The van der Waals surface area contributed by atoms with Crippen molar-refractivity contribution < 1.29 is 14.7 Å². The number of carboxylic acids is 1. The highest BCUT2D eigenvalue weighted by atomic mass is 16.4. The Labute approximate surface area is 101 Å². The summed E-state index contributed by atoms with van der Waals surface area (Å²) in [4.78, 5) is 22.9. The van der Waals surface area contributed by atoms with Gasteiger partial charge in [0, 0.05) is 11.5 Å². The van der Waals surface area contributed by atoms with Gasteiger partial charge in [-0.05, 0) is 31.0 Å². The summed E-state index contributed by atoms with van der Waals surface area (Å²) in [6, 6.07) is 5.47. The minimum atomic E-state index is -0.935. The molecule has 3 heteroatoms. The first-order chi connectivity index (χ1) is 7.84. The average Bonchev–Trinajstić information content (AvgIpc) is 2.29. The third kappa shape index (κ3) is 2.93. The third-order valence-corrected chi connectivity index (χ3v) is 3.34. The number of carbonyl (C=O) groups is 2. The van der Waals surface area contributed by atoms with Gasteiger partial charge in [-0.1, -0.05) is 26.0 Å². The summed E-state index contributed by atoms with van der Waals surface area (Å²) in [7, 11) is 0. The van der Waals surface area contributed by atoms with Crippen molar-refractivity contribution in [3.8, 4) is 0 Å². The van der Waals surface area contributed by atoms with Crippen LogP contribution in [0.1, 0.15) is 35.3 Å². The van der Waals surface area contributed by atoms with Gasteiger partial charge in [0.15, 0.2) is 5.78 Å². The summed E-state index contributed by atoms with van der Waals surface area (Å²) in [5.74, 6) is -2.21. The first-order valence-electron chi connectivity index (χ1n) is 5.69. The van der Waals surface area contributed by atoms with Gasteiger partial charge in [0.1, 0.15) is 0 Å². The lowest BCUT2D eigenvalue weighted by molar-refractivity contribution is -0.142. The van der Waals surface area contributed by atoms with E-state index >= 15 is 0 Å². The van der Waals surface area contributed by atoms with Gasteiger partial charge in [0.2, 0.25) is 0 Å². The Kier molecular flexibility index (Phi) is 4.05. The second-order valence-electron chi connectivity index (χ2n) is 4.58. The van der Waals surface area contributed by atoms with Crippen LogP contribution in [0.25, 0.3) is 0 Å². The number of carbonyl (C=O) groups excluding carboxylic acids is 1. The van der Waals surface area contributed by atoms with Crippen LogP contribution in [-0.4, -0.2) is 16.9 Å². The monoisotopic (exact) mass is 234 g/mol. The van der Waals surface area contributed by atoms with Crippen LogP contribution in [-0.2, 0) is 4.79 Å². The molecule has 0 fully saturated rings. The molecule has 0 amide bonds. The largest absolute Gasteiger partial charge is 0.481 e. The van der Waals surface area contributed by atoms with Crippen LogP contribution < -0.4 is 0 Å². The molecule has 0 aromatic heterocycles. The van der Waals surface area contributed by atoms with E-state index in [1.165, 1.54) is 0 Å². The first kappa shape index (κ1) is 13.4. The van der Waals surface area contributed by atoms with Crippen molar-refractivity contribution in [1.29, 1.82) is 0 Å². The molecule has 0 aliphatic heterocycles. The molecule has 0 aliphatic carbocycles. The molecule has 3 nitrogen and oxygen atoms in total. The normalized spacial score (nSPS) is 14.1. The Bertz CT molecular complexity index is 449. The van der Waals surface area contributed by atoms with Crippen LogP contribution in [0.15, 0.2) is 18.2 Å². The smallest absolute Gasteiger partial charge is 0.306 e. The van der Waals surface area contributed by atoms with Gasteiger partial charge in [-0.25, -0.2) is 0 Å². The highest BCUT2D eigenvalue weighted by molar-refractivity contribution is 5.99. The lowest BCUT2D eigenvalue weighted by atomic mass is 9.87. The molecule has 0 saturated heterocycles. The van der Waals surface area contributed by atoms with E-state index < -0.39 is 17.8 Å². The molecule has 0 heterocycles. The van der Waals surface area contributed by atoms with E-state index in [0.717, 1.165) is 11.1 Å². The Morgan fingerprint density at radius 1 is 1.06 bits per heavy atom. The van der Waals surface area contributed by atoms with Crippen LogP contribution in [0, 0.1) is 25.7 Å². The fraction of sp³-hybridized carbons (Fsp3) is 0.429. The number of aryl methyl sites for hydroxylation is 2. The molecular weight excluding hydrogens is 216 g/mol. The lowest BCUT2D eigenvalue weighted by Crippen LogP contribution is -2.25. The second-order valence-corrected chi connectivity index (χ2v) is 4.58. The molecular formula is C14H18O3. The molecule has 0 spiro atoms. The molecule has 2 atom stereocenters. The zero-order chi connectivity index (χ0) is 13.2. The van der Waals surface area contributed by atoms with Crippen molar-refractivity contribution in [1.82, 2.24) is 0 Å². The number of hydrogen-bond acceptors (Lipinski definition) is 2. The zero-order valence-corrected chi connectivity index (χ0v) is 10.7. The van der Waals surface area contributed by atoms with Crippen LogP contribution >= 0.6 is 0 Å². The van der Waals surface area contributed by atoms with E-state index in [0.29, 0.717) is 5.56 Å².